The van der Waals surface area contributed by atoms with Crippen molar-refractivity contribution in [1.29, 1.82) is 0 Å². The van der Waals surface area contributed by atoms with Crippen molar-refractivity contribution >= 4 is 15.9 Å². The summed E-state index contributed by atoms with van der Waals surface area (Å²) in [5, 5.41) is 0. The molecule has 1 heteroatoms. The maximum absolute atomic E-state index is 3.76. The van der Waals surface area contributed by atoms with E-state index in [2.05, 4.69) is 107 Å². The first-order chi connectivity index (χ1) is 13.8. The molecule has 0 saturated carbocycles. The Hall–Kier alpha value is -2.64. The van der Waals surface area contributed by atoms with Crippen LogP contribution in [0, 0.1) is 0 Å². The molecule has 0 amide bonds. The molecule has 0 nitrogen and oxygen atoms in total. The zero-order valence-corrected chi connectivity index (χ0v) is 17.0. The summed E-state index contributed by atoms with van der Waals surface area (Å²) in [5.41, 5.74) is 11.0. The third-order valence-electron chi connectivity index (χ3n) is 6.51. The summed E-state index contributed by atoms with van der Waals surface area (Å²) < 4.78 is 1.14. The molecule has 0 bridgehead atoms. The Morgan fingerprint density at radius 1 is 0.536 bits per heavy atom. The van der Waals surface area contributed by atoms with Crippen LogP contribution in [0.25, 0.3) is 11.1 Å². The molecule has 134 valence electrons. The van der Waals surface area contributed by atoms with Crippen LogP contribution in [0.15, 0.2) is 95.5 Å². The maximum Gasteiger partial charge on any atom is 0.0719 e. The van der Waals surface area contributed by atoms with Crippen LogP contribution in [-0.2, 0) is 18.3 Å². The largest absolute Gasteiger partial charge is 0.0719 e. The molecule has 0 atom stereocenters. The molecule has 0 heterocycles. The van der Waals surface area contributed by atoms with Gasteiger partial charge in [0.05, 0.1) is 5.41 Å². The lowest BCUT2D eigenvalue weighted by Crippen LogP contribution is -2.29. The van der Waals surface area contributed by atoms with E-state index in [1.165, 1.54) is 44.5 Å². The lowest BCUT2D eigenvalue weighted by molar-refractivity contribution is 0.761. The zero-order valence-electron chi connectivity index (χ0n) is 15.5. The number of benzene rings is 4. The second-order valence-electron chi connectivity index (χ2n) is 7.80. The molecule has 0 saturated heterocycles. The van der Waals surface area contributed by atoms with Gasteiger partial charge < -0.3 is 0 Å². The van der Waals surface area contributed by atoms with Crippen molar-refractivity contribution in [2.45, 2.75) is 18.3 Å². The highest BCUT2D eigenvalue weighted by Crippen LogP contribution is 2.58. The van der Waals surface area contributed by atoms with Gasteiger partial charge in [-0.25, -0.2) is 0 Å². The summed E-state index contributed by atoms with van der Waals surface area (Å²) in [6.45, 7) is 0. The van der Waals surface area contributed by atoms with E-state index in [0.717, 1.165) is 17.3 Å². The van der Waals surface area contributed by atoms with Gasteiger partial charge in [-0.15, -0.1) is 0 Å². The summed E-state index contributed by atoms with van der Waals surface area (Å²) in [5.74, 6) is 0. The van der Waals surface area contributed by atoms with Gasteiger partial charge in [0.15, 0.2) is 0 Å². The minimum Gasteiger partial charge on any atom is -0.0620 e. The van der Waals surface area contributed by atoms with Gasteiger partial charge in [0.1, 0.15) is 0 Å². The van der Waals surface area contributed by atoms with E-state index >= 15 is 0 Å². The van der Waals surface area contributed by atoms with Gasteiger partial charge >= 0.3 is 0 Å². The van der Waals surface area contributed by atoms with Crippen LogP contribution in [0.5, 0.6) is 0 Å². The van der Waals surface area contributed by atoms with Crippen molar-refractivity contribution in [2.24, 2.45) is 0 Å². The molecule has 6 rings (SSSR count). The van der Waals surface area contributed by atoms with Crippen molar-refractivity contribution in [3.63, 3.8) is 0 Å². The fourth-order valence-electron chi connectivity index (χ4n) is 5.45. The van der Waals surface area contributed by atoms with E-state index in [1.54, 1.807) is 0 Å². The number of fused-ring (bicyclic) bond motifs is 9. The molecule has 0 fully saturated rings. The molecule has 1 spiro atoms. The first kappa shape index (κ1) is 16.3. The summed E-state index contributed by atoms with van der Waals surface area (Å²) >= 11 is 3.76. The van der Waals surface area contributed by atoms with Crippen molar-refractivity contribution in [1.82, 2.24) is 0 Å². The quantitative estimate of drug-likeness (QED) is 0.254. The van der Waals surface area contributed by atoms with Gasteiger partial charge in [-0.05, 0) is 69.5 Å². The second-order valence-corrected chi connectivity index (χ2v) is 8.72. The van der Waals surface area contributed by atoms with Crippen LogP contribution in [0.2, 0.25) is 0 Å². The molecule has 2 aliphatic rings. The van der Waals surface area contributed by atoms with Crippen molar-refractivity contribution in [3.05, 3.63) is 129 Å². The van der Waals surface area contributed by atoms with Crippen LogP contribution in [0.3, 0.4) is 0 Å². The van der Waals surface area contributed by atoms with Crippen molar-refractivity contribution < 1.29 is 0 Å². The number of rotatable bonds is 0. The summed E-state index contributed by atoms with van der Waals surface area (Å²) in [6, 6.07) is 33.9. The van der Waals surface area contributed by atoms with Crippen LogP contribution >= 0.6 is 15.9 Å². The van der Waals surface area contributed by atoms with Crippen LogP contribution in [0.1, 0.15) is 33.4 Å². The smallest absolute Gasteiger partial charge is 0.0620 e. The summed E-state index contributed by atoms with van der Waals surface area (Å²) in [6.07, 6.45) is 2.17. The summed E-state index contributed by atoms with van der Waals surface area (Å²) in [4.78, 5) is 0. The van der Waals surface area contributed by atoms with Gasteiger partial charge in [0, 0.05) is 4.47 Å². The van der Waals surface area contributed by atoms with E-state index < -0.39 is 0 Å². The molecule has 2 aliphatic carbocycles. The number of halogens is 1. The Balaban J connectivity index is 1.87. The fraction of sp³-hybridized carbons (Fsp3) is 0.111. The number of hydrogen-bond donors (Lipinski definition) is 0. The van der Waals surface area contributed by atoms with Crippen molar-refractivity contribution in [2.75, 3.05) is 0 Å². The Morgan fingerprint density at radius 2 is 1.07 bits per heavy atom. The molecule has 0 N–H and O–H groups in total. The lowest BCUT2D eigenvalue weighted by atomic mass is 9.66. The lowest BCUT2D eigenvalue weighted by Gasteiger charge is -2.35. The van der Waals surface area contributed by atoms with E-state index in [-0.39, 0.29) is 5.41 Å². The summed E-state index contributed by atoms with van der Waals surface area (Å²) in [7, 11) is 0. The van der Waals surface area contributed by atoms with Gasteiger partial charge in [-0.2, -0.15) is 0 Å². The van der Waals surface area contributed by atoms with E-state index in [4.69, 9.17) is 0 Å². The first-order valence-electron chi connectivity index (χ1n) is 9.87. The highest BCUT2D eigenvalue weighted by molar-refractivity contribution is 9.10. The molecule has 4 aromatic rings. The molecular formula is C27H19Br. The average molecular weight is 423 g/mol. The number of hydrogen-bond acceptors (Lipinski definition) is 0. The average Bonchev–Trinajstić information content (AvgIpc) is 2.93. The molecule has 0 aliphatic heterocycles. The predicted molar refractivity (Wildman–Crippen MR) is 119 cm³/mol. The second kappa shape index (κ2) is 5.93. The zero-order chi connectivity index (χ0) is 18.7. The van der Waals surface area contributed by atoms with Gasteiger partial charge in [0.2, 0.25) is 0 Å². The first-order valence-corrected chi connectivity index (χ1v) is 10.7. The topological polar surface area (TPSA) is 0 Å². The Kier molecular flexibility index (Phi) is 3.46. The molecule has 0 aromatic heterocycles. The minimum absolute atomic E-state index is 0.251. The van der Waals surface area contributed by atoms with E-state index in [9.17, 15) is 0 Å². The number of aryl methyl sites for hydroxylation is 2. The van der Waals surface area contributed by atoms with Crippen molar-refractivity contribution in [3.8, 4) is 11.1 Å². The Labute approximate surface area is 174 Å². The third-order valence-corrected chi connectivity index (χ3v) is 7.01. The van der Waals surface area contributed by atoms with Gasteiger partial charge in [-0.1, -0.05) is 94.8 Å². The van der Waals surface area contributed by atoms with E-state index in [1.807, 2.05) is 0 Å². The molecule has 28 heavy (non-hydrogen) atoms. The standard InChI is InChI=1S/C27H19Br/c28-20-15-16-22-21-9-3-6-12-25(21)27(26(22)17-20)23-10-4-1-7-18(23)13-14-19-8-2-5-11-24(19)27/h1-12,15-17H,13-14H2. The molecule has 4 aromatic carbocycles. The molecular weight excluding hydrogens is 404 g/mol. The fourth-order valence-corrected chi connectivity index (χ4v) is 5.82. The minimum atomic E-state index is -0.251. The third kappa shape index (κ3) is 2.00. The van der Waals surface area contributed by atoms with Crippen LogP contribution < -0.4 is 0 Å². The Morgan fingerprint density at radius 3 is 1.75 bits per heavy atom. The highest BCUT2D eigenvalue weighted by atomic mass is 79.9. The normalized spacial score (nSPS) is 15.3. The van der Waals surface area contributed by atoms with E-state index in [0.29, 0.717) is 0 Å². The monoisotopic (exact) mass is 422 g/mol. The van der Waals surface area contributed by atoms with Gasteiger partial charge in [0.25, 0.3) is 0 Å². The van der Waals surface area contributed by atoms with Crippen LogP contribution in [0.4, 0.5) is 0 Å². The highest BCUT2D eigenvalue weighted by Gasteiger charge is 2.48. The molecule has 0 unspecified atom stereocenters. The predicted octanol–water partition coefficient (Wildman–Crippen LogP) is 6.91. The molecule has 0 radical (unpaired) electrons. The van der Waals surface area contributed by atoms with Crippen LogP contribution in [-0.4, -0.2) is 0 Å². The van der Waals surface area contributed by atoms with Gasteiger partial charge in [-0.3, -0.25) is 0 Å². The Bertz CT molecular complexity index is 1190. The maximum atomic E-state index is 3.76. The SMILES string of the molecule is Brc1ccc2c(c1)C1(c3ccccc3CCc3ccccc31)c1ccccc1-2.